The van der Waals surface area contributed by atoms with Crippen LogP contribution in [0.15, 0.2) is 48.5 Å². The molecule has 148 valence electrons. The summed E-state index contributed by atoms with van der Waals surface area (Å²) in [5.41, 5.74) is 1.10. The SMILES string of the molecule is O=C(Nc1ccc(OC2CCCC2)cc1)C1(c2cccc(Cl)c2)CCOCC1. The highest BCUT2D eigenvalue weighted by Crippen LogP contribution is 2.37. The van der Waals surface area contributed by atoms with E-state index in [0.29, 0.717) is 37.2 Å². The van der Waals surface area contributed by atoms with Gasteiger partial charge in [-0.2, -0.15) is 0 Å². The lowest BCUT2D eigenvalue weighted by atomic mass is 9.73. The second-order valence-electron chi connectivity index (χ2n) is 7.71. The summed E-state index contributed by atoms with van der Waals surface area (Å²) < 4.78 is 11.5. The first-order valence-corrected chi connectivity index (χ1v) is 10.5. The second-order valence-corrected chi connectivity index (χ2v) is 8.14. The van der Waals surface area contributed by atoms with Crippen molar-refractivity contribution in [3.8, 4) is 5.75 Å². The van der Waals surface area contributed by atoms with E-state index in [4.69, 9.17) is 21.1 Å². The molecule has 28 heavy (non-hydrogen) atoms. The number of benzene rings is 2. The Labute approximate surface area is 171 Å². The van der Waals surface area contributed by atoms with Gasteiger partial charge in [0.25, 0.3) is 0 Å². The van der Waals surface area contributed by atoms with Crippen molar-refractivity contribution < 1.29 is 14.3 Å². The van der Waals surface area contributed by atoms with E-state index < -0.39 is 5.41 Å². The van der Waals surface area contributed by atoms with Gasteiger partial charge in [-0.1, -0.05) is 23.7 Å². The smallest absolute Gasteiger partial charge is 0.235 e. The summed E-state index contributed by atoms with van der Waals surface area (Å²) in [6, 6.07) is 15.3. The van der Waals surface area contributed by atoms with Crippen LogP contribution in [0, 0.1) is 0 Å². The number of hydrogen-bond acceptors (Lipinski definition) is 3. The molecule has 4 rings (SSSR count). The van der Waals surface area contributed by atoms with Crippen molar-refractivity contribution in [3.63, 3.8) is 0 Å². The Balaban J connectivity index is 1.49. The van der Waals surface area contributed by atoms with Gasteiger partial charge >= 0.3 is 0 Å². The summed E-state index contributed by atoms with van der Waals surface area (Å²) in [6.45, 7) is 1.13. The van der Waals surface area contributed by atoms with Crippen LogP contribution in [0.2, 0.25) is 5.02 Å². The maximum atomic E-state index is 13.3. The number of halogens is 1. The largest absolute Gasteiger partial charge is 0.490 e. The van der Waals surface area contributed by atoms with Gasteiger partial charge in [-0.15, -0.1) is 0 Å². The Morgan fingerprint density at radius 1 is 1.07 bits per heavy atom. The van der Waals surface area contributed by atoms with Crippen molar-refractivity contribution in [2.24, 2.45) is 0 Å². The minimum Gasteiger partial charge on any atom is -0.490 e. The van der Waals surface area contributed by atoms with Crippen molar-refractivity contribution >= 4 is 23.2 Å². The van der Waals surface area contributed by atoms with Gasteiger partial charge in [0.1, 0.15) is 5.75 Å². The zero-order chi connectivity index (χ0) is 19.4. The molecular weight excluding hydrogens is 374 g/mol. The van der Waals surface area contributed by atoms with Gasteiger partial charge in [0.05, 0.1) is 11.5 Å². The van der Waals surface area contributed by atoms with E-state index in [2.05, 4.69) is 5.32 Å². The molecule has 4 nitrogen and oxygen atoms in total. The molecule has 1 aliphatic heterocycles. The number of carbonyl (C=O) groups is 1. The Hall–Kier alpha value is -2.04. The summed E-state index contributed by atoms with van der Waals surface area (Å²) in [5, 5.41) is 3.74. The summed E-state index contributed by atoms with van der Waals surface area (Å²) in [7, 11) is 0. The lowest BCUT2D eigenvalue weighted by Gasteiger charge is -2.36. The Morgan fingerprint density at radius 2 is 1.79 bits per heavy atom. The molecule has 0 atom stereocenters. The van der Waals surface area contributed by atoms with E-state index in [1.54, 1.807) is 0 Å². The van der Waals surface area contributed by atoms with Crippen LogP contribution in [0.25, 0.3) is 0 Å². The molecule has 2 aromatic rings. The van der Waals surface area contributed by atoms with Crippen molar-refractivity contribution in [1.82, 2.24) is 0 Å². The highest BCUT2D eigenvalue weighted by atomic mass is 35.5. The third-order valence-corrected chi connectivity index (χ3v) is 6.11. The average Bonchev–Trinajstić information content (AvgIpc) is 3.23. The van der Waals surface area contributed by atoms with Gasteiger partial charge in [-0.05, 0) is 80.5 Å². The first-order chi connectivity index (χ1) is 13.7. The first-order valence-electron chi connectivity index (χ1n) is 10.1. The van der Waals surface area contributed by atoms with Crippen molar-refractivity contribution in [2.45, 2.75) is 50.0 Å². The topological polar surface area (TPSA) is 47.6 Å². The molecule has 1 N–H and O–H groups in total. The molecule has 0 aromatic heterocycles. The summed E-state index contributed by atoms with van der Waals surface area (Å²) in [4.78, 5) is 13.3. The van der Waals surface area contributed by atoms with Crippen LogP contribution in [-0.2, 0) is 14.9 Å². The van der Waals surface area contributed by atoms with Gasteiger partial charge in [0, 0.05) is 23.9 Å². The molecule has 2 aromatic carbocycles. The molecule has 0 spiro atoms. The van der Waals surface area contributed by atoms with Crippen LogP contribution >= 0.6 is 11.6 Å². The first kappa shape index (κ1) is 19.3. The van der Waals surface area contributed by atoms with Crippen LogP contribution < -0.4 is 10.1 Å². The van der Waals surface area contributed by atoms with E-state index in [1.165, 1.54) is 12.8 Å². The van der Waals surface area contributed by atoms with E-state index >= 15 is 0 Å². The van der Waals surface area contributed by atoms with Crippen molar-refractivity contribution in [1.29, 1.82) is 0 Å². The summed E-state index contributed by atoms with van der Waals surface area (Å²) in [6.07, 6.45) is 6.35. The van der Waals surface area contributed by atoms with E-state index in [1.807, 2.05) is 48.5 Å². The molecule has 0 unspecified atom stereocenters. The highest BCUT2D eigenvalue weighted by Gasteiger charge is 2.41. The van der Waals surface area contributed by atoms with Gasteiger partial charge in [-0.25, -0.2) is 0 Å². The molecule has 5 heteroatoms. The molecule has 1 heterocycles. The number of nitrogens with one attached hydrogen (secondary N) is 1. The van der Waals surface area contributed by atoms with E-state index in [9.17, 15) is 4.79 Å². The van der Waals surface area contributed by atoms with Crippen LogP contribution in [0.3, 0.4) is 0 Å². The number of carbonyl (C=O) groups excluding carboxylic acids is 1. The highest BCUT2D eigenvalue weighted by molar-refractivity contribution is 6.30. The lowest BCUT2D eigenvalue weighted by Crippen LogP contribution is -2.44. The third kappa shape index (κ3) is 4.18. The van der Waals surface area contributed by atoms with Gasteiger partial charge < -0.3 is 14.8 Å². The van der Waals surface area contributed by atoms with E-state index in [-0.39, 0.29) is 5.91 Å². The Kier molecular flexibility index (Phi) is 5.88. The third-order valence-electron chi connectivity index (χ3n) is 5.88. The quantitative estimate of drug-likeness (QED) is 0.737. The molecule has 2 fully saturated rings. The fourth-order valence-corrected chi connectivity index (χ4v) is 4.41. The number of rotatable bonds is 5. The molecular formula is C23H26ClNO3. The van der Waals surface area contributed by atoms with Crippen molar-refractivity contribution in [3.05, 3.63) is 59.1 Å². The lowest BCUT2D eigenvalue weighted by molar-refractivity contribution is -0.125. The summed E-state index contributed by atoms with van der Waals surface area (Å²) >= 11 is 6.20. The molecule has 1 saturated carbocycles. The number of amides is 1. The zero-order valence-electron chi connectivity index (χ0n) is 16.0. The minimum absolute atomic E-state index is 0.0115. The predicted molar refractivity (Wildman–Crippen MR) is 111 cm³/mol. The number of anilines is 1. The molecule has 0 radical (unpaired) electrons. The normalized spacial score (nSPS) is 19.3. The van der Waals surface area contributed by atoms with Crippen LogP contribution in [0.1, 0.15) is 44.1 Å². The van der Waals surface area contributed by atoms with Gasteiger partial charge in [0.15, 0.2) is 0 Å². The minimum atomic E-state index is -0.623. The number of ether oxygens (including phenoxy) is 2. The second kappa shape index (κ2) is 8.54. The average molecular weight is 400 g/mol. The van der Waals surface area contributed by atoms with Gasteiger partial charge in [0.2, 0.25) is 5.91 Å². The fourth-order valence-electron chi connectivity index (χ4n) is 4.22. The molecule has 0 bridgehead atoms. The predicted octanol–water partition coefficient (Wildman–Crippen LogP) is 5.35. The number of hydrogen-bond donors (Lipinski definition) is 1. The van der Waals surface area contributed by atoms with Crippen LogP contribution in [0.5, 0.6) is 5.75 Å². The summed E-state index contributed by atoms with van der Waals surface area (Å²) in [5.74, 6) is 0.850. The zero-order valence-corrected chi connectivity index (χ0v) is 16.7. The molecule has 1 amide bonds. The molecule has 2 aliphatic rings. The Morgan fingerprint density at radius 3 is 2.46 bits per heavy atom. The molecule has 1 aliphatic carbocycles. The monoisotopic (exact) mass is 399 g/mol. The standard InChI is InChI=1S/C23H26ClNO3/c24-18-5-3-4-17(16-18)23(12-14-27-15-13-23)22(26)25-19-8-10-21(11-9-19)28-20-6-1-2-7-20/h3-5,8-11,16,20H,1-2,6-7,12-15H2,(H,25,26). The maximum Gasteiger partial charge on any atom is 0.235 e. The fraction of sp³-hybridized carbons (Fsp3) is 0.435. The van der Waals surface area contributed by atoms with E-state index in [0.717, 1.165) is 29.8 Å². The van der Waals surface area contributed by atoms with Crippen LogP contribution in [-0.4, -0.2) is 25.2 Å². The molecule has 1 saturated heterocycles. The van der Waals surface area contributed by atoms with Crippen molar-refractivity contribution in [2.75, 3.05) is 18.5 Å². The van der Waals surface area contributed by atoms with Gasteiger partial charge in [-0.3, -0.25) is 4.79 Å². The maximum absolute atomic E-state index is 13.3. The Bertz CT molecular complexity index is 809. The van der Waals surface area contributed by atoms with Crippen LogP contribution in [0.4, 0.5) is 5.69 Å².